The predicted octanol–water partition coefficient (Wildman–Crippen LogP) is 5.09. The monoisotopic (exact) mass is 392 g/mol. The molecule has 0 spiro atoms. The lowest BCUT2D eigenvalue weighted by atomic mass is 9.37. The third-order valence-electron chi connectivity index (χ3n) is 9.47. The van der Waals surface area contributed by atoms with E-state index in [2.05, 4.69) is 34.6 Å². The third kappa shape index (κ3) is 3.50. The first-order valence-corrected chi connectivity index (χ1v) is 11.6. The molecule has 3 aliphatic rings. The molecule has 0 heterocycles. The van der Waals surface area contributed by atoms with E-state index in [0.29, 0.717) is 11.8 Å². The topological polar surface area (TPSA) is 60.7 Å². The summed E-state index contributed by atoms with van der Waals surface area (Å²) in [6, 6.07) is 0. The van der Waals surface area contributed by atoms with Gasteiger partial charge in [0.2, 0.25) is 0 Å². The molecule has 0 amide bonds. The van der Waals surface area contributed by atoms with E-state index in [0.717, 1.165) is 32.1 Å². The lowest BCUT2D eigenvalue weighted by Gasteiger charge is -2.68. The van der Waals surface area contributed by atoms with Crippen LogP contribution in [0.3, 0.4) is 0 Å². The van der Waals surface area contributed by atoms with Crippen molar-refractivity contribution in [1.82, 2.24) is 0 Å². The minimum absolute atomic E-state index is 0.0423. The van der Waals surface area contributed by atoms with Crippen molar-refractivity contribution >= 4 is 0 Å². The van der Waals surface area contributed by atoms with Gasteiger partial charge in [0.15, 0.2) is 0 Å². The number of allylic oxidation sites excluding steroid dienone is 1. The van der Waals surface area contributed by atoms with E-state index < -0.39 is 5.60 Å². The lowest BCUT2D eigenvalue weighted by molar-refractivity contribution is -0.243. The first kappa shape index (κ1) is 22.3. The van der Waals surface area contributed by atoms with Gasteiger partial charge in [-0.15, -0.1) is 0 Å². The van der Waals surface area contributed by atoms with Crippen LogP contribution in [0.2, 0.25) is 0 Å². The van der Waals surface area contributed by atoms with Crippen molar-refractivity contribution < 1.29 is 15.3 Å². The Balaban J connectivity index is 1.97. The summed E-state index contributed by atoms with van der Waals surface area (Å²) in [4.78, 5) is 0. The van der Waals surface area contributed by atoms with Crippen molar-refractivity contribution in [1.29, 1.82) is 0 Å². The van der Waals surface area contributed by atoms with E-state index in [-0.39, 0.29) is 34.9 Å². The molecule has 0 aromatic carbocycles. The van der Waals surface area contributed by atoms with Crippen LogP contribution in [0.25, 0.3) is 0 Å². The highest BCUT2D eigenvalue weighted by Gasteiger charge is 2.66. The van der Waals surface area contributed by atoms with Crippen molar-refractivity contribution in [3.63, 3.8) is 0 Å². The van der Waals surface area contributed by atoms with Crippen LogP contribution in [0.5, 0.6) is 0 Å². The molecule has 0 saturated heterocycles. The maximum atomic E-state index is 11.4. The van der Waals surface area contributed by atoms with Crippen molar-refractivity contribution in [2.45, 2.75) is 105 Å². The summed E-state index contributed by atoms with van der Waals surface area (Å²) in [5.74, 6) is 1.09. The van der Waals surface area contributed by atoms with E-state index >= 15 is 0 Å². The molecule has 3 fully saturated rings. The number of fused-ring (bicyclic) bond motifs is 3. The van der Waals surface area contributed by atoms with E-state index in [4.69, 9.17) is 0 Å². The smallest absolute Gasteiger partial charge is 0.0653 e. The fourth-order valence-electron chi connectivity index (χ4n) is 8.58. The Bertz CT molecular complexity index is 607. The Morgan fingerprint density at radius 3 is 2.36 bits per heavy atom. The number of aliphatic hydroxyl groups excluding tert-OH is 2. The number of rotatable bonds is 4. The van der Waals surface area contributed by atoms with Gasteiger partial charge in [-0.3, -0.25) is 0 Å². The van der Waals surface area contributed by atoms with E-state index in [1.807, 2.05) is 13.0 Å². The van der Waals surface area contributed by atoms with E-state index in [1.165, 1.54) is 24.8 Å². The zero-order chi connectivity index (χ0) is 21.0. The van der Waals surface area contributed by atoms with Crippen LogP contribution in [0, 0.1) is 34.0 Å². The summed E-state index contributed by atoms with van der Waals surface area (Å²) >= 11 is 0. The molecule has 162 valence electrons. The van der Waals surface area contributed by atoms with Crippen LogP contribution in [-0.4, -0.2) is 33.6 Å². The van der Waals surface area contributed by atoms with Gasteiger partial charge in [-0.1, -0.05) is 45.8 Å². The molecule has 0 bridgehead atoms. The van der Waals surface area contributed by atoms with Crippen LogP contribution in [0.15, 0.2) is 11.6 Å². The summed E-state index contributed by atoms with van der Waals surface area (Å²) in [5, 5.41) is 32.0. The summed E-state index contributed by atoms with van der Waals surface area (Å²) in [6.45, 7) is 13.7. The van der Waals surface area contributed by atoms with Crippen LogP contribution in [0.1, 0.15) is 92.9 Å². The van der Waals surface area contributed by atoms with Gasteiger partial charge >= 0.3 is 0 Å². The molecule has 0 aromatic rings. The molecule has 3 aliphatic carbocycles. The highest BCUT2D eigenvalue weighted by molar-refractivity contribution is 5.15. The van der Waals surface area contributed by atoms with Gasteiger partial charge in [0.25, 0.3) is 0 Å². The second-order valence-corrected chi connectivity index (χ2v) is 11.9. The molecule has 3 saturated carbocycles. The second kappa shape index (κ2) is 7.39. The molecule has 3 nitrogen and oxygen atoms in total. The van der Waals surface area contributed by atoms with Crippen molar-refractivity contribution in [2.24, 2.45) is 34.0 Å². The van der Waals surface area contributed by atoms with Crippen molar-refractivity contribution in [2.75, 3.05) is 6.61 Å². The average molecular weight is 393 g/mol. The minimum Gasteiger partial charge on any atom is -0.393 e. The van der Waals surface area contributed by atoms with Crippen LogP contribution in [-0.2, 0) is 0 Å². The second-order valence-electron chi connectivity index (χ2n) is 11.9. The standard InChI is InChI=1S/C25H44O3/c1-17(11-15-26)8-9-20-24(5)16-18(27)21-22(2,3)12-7-13-23(21,4)19(24)10-14-25(20,6)28/h11,18-21,26-28H,7-10,12-16H2,1-6H3/t18-,19-,20+,21+,23+,24+,25+/m1/s1. The van der Waals surface area contributed by atoms with Gasteiger partial charge in [-0.25, -0.2) is 0 Å². The first-order chi connectivity index (χ1) is 12.9. The van der Waals surface area contributed by atoms with E-state index in [9.17, 15) is 15.3 Å². The zero-order valence-electron chi connectivity index (χ0n) is 19.1. The molecule has 28 heavy (non-hydrogen) atoms. The number of hydrogen-bond donors (Lipinski definition) is 3. The fraction of sp³-hybridized carbons (Fsp3) is 0.920. The number of hydrogen-bond acceptors (Lipinski definition) is 3. The summed E-state index contributed by atoms with van der Waals surface area (Å²) in [6.07, 6.45) is 9.84. The predicted molar refractivity (Wildman–Crippen MR) is 115 cm³/mol. The average Bonchev–Trinajstić information content (AvgIpc) is 2.51. The molecule has 0 radical (unpaired) electrons. The highest BCUT2D eigenvalue weighted by Crippen LogP contribution is 2.70. The summed E-state index contributed by atoms with van der Waals surface area (Å²) in [5.41, 5.74) is 0.808. The molecule has 0 unspecified atom stereocenters. The van der Waals surface area contributed by atoms with Crippen molar-refractivity contribution in [3.8, 4) is 0 Å². The minimum atomic E-state index is -0.683. The Kier molecular flexibility index (Phi) is 5.89. The molecule has 3 N–H and O–H groups in total. The van der Waals surface area contributed by atoms with Gasteiger partial charge in [-0.05, 0) is 92.8 Å². The summed E-state index contributed by atoms with van der Waals surface area (Å²) in [7, 11) is 0. The van der Waals surface area contributed by atoms with Crippen LogP contribution in [0.4, 0.5) is 0 Å². The van der Waals surface area contributed by atoms with Gasteiger partial charge < -0.3 is 15.3 Å². The normalized spacial score (nSPS) is 48.7. The third-order valence-corrected chi connectivity index (χ3v) is 9.47. The molecule has 0 aliphatic heterocycles. The van der Waals surface area contributed by atoms with Gasteiger partial charge in [0.1, 0.15) is 0 Å². The molecule has 0 aromatic heterocycles. The molecule has 7 atom stereocenters. The van der Waals surface area contributed by atoms with E-state index in [1.54, 1.807) is 0 Å². The first-order valence-electron chi connectivity index (χ1n) is 11.6. The molecule has 3 heteroatoms. The zero-order valence-corrected chi connectivity index (χ0v) is 19.1. The Hall–Kier alpha value is -0.380. The SMILES string of the molecule is CC(=CCO)CC[C@H]1[C@@]2(C)C[C@@H](O)[C@H]3C(C)(C)CCC[C@@]3(C)[C@H]2CC[C@]1(C)O. The largest absolute Gasteiger partial charge is 0.393 e. The summed E-state index contributed by atoms with van der Waals surface area (Å²) < 4.78 is 0. The van der Waals surface area contributed by atoms with Gasteiger partial charge in [0, 0.05) is 0 Å². The maximum Gasteiger partial charge on any atom is 0.0653 e. The molecule has 3 rings (SSSR count). The van der Waals surface area contributed by atoms with Crippen LogP contribution >= 0.6 is 0 Å². The lowest BCUT2D eigenvalue weighted by Crippen LogP contribution is -2.66. The Labute approximate surface area is 172 Å². The van der Waals surface area contributed by atoms with Gasteiger partial charge in [-0.2, -0.15) is 0 Å². The number of aliphatic hydroxyl groups is 3. The fourth-order valence-corrected chi connectivity index (χ4v) is 8.58. The maximum absolute atomic E-state index is 11.4. The Morgan fingerprint density at radius 2 is 1.71 bits per heavy atom. The Morgan fingerprint density at radius 1 is 1.04 bits per heavy atom. The van der Waals surface area contributed by atoms with Gasteiger partial charge in [0.05, 0.1) is 18.3 Å². The quantitative estimate of drug-likeness (QED) is 0.584. The molecular formula is C25H44O3. The highest BCUT2D eigenvalue weighted by atomic mass is 16.3. The van der Waals surface area contributed by atoms with Crippen molar-refractivity contribution in [3.05, 3.63) is 11.6 Å². The van der Waals surface area contributed by atoms with Crippen LogP contribution < -0.4 is 0 Å². The molecular weight excluding hydrogens is 348 g/mol.